The molecule has 0 radical (unpaired) electrons. The molecule has 0 aliphatic carbocycles. The molecule has 0 rings (SSSR count). The van der Waals surface area contributed by atoms with E-state index in [0.29, 0.717) is 0 Å². The molecule has 12 heavy (non-hydrogen) atoms. The maximum absolute atomic E-state index is 5.82. The number of hydrogen-bond acceptors (Lipinski definition) is 0. The summed E-state index contributed by atoms with van der Waals surface area (Å²) in [6.45, 7) is 4.49. The van der Waals surface area contributed by atoms with Gasteiger partial charge in [-0.05, 0) is 0 Å². The van der Waals surface area contributed by atoms with Gasteiger partial charge in [0.2, 0.25) is 0 Å². The van der Waals surface area contributed by atoms with E-state index in [-0.39, 0.29) is 0 Å². The topological polar surface area (TPSA) is 0 Å². The third-order valence-corrected chi connectivity index (χ3v) is 8.17. The number of rotatable bonds is 6. The predicted molar refractivity (Wildman–Crippen MR) is 61.4 cm³/mol. The van der Waals surface area contributed by atoms with Gasteiger partial charge in [0.25, 0.3) is 0 Å². The fraction of sp³-hybridized carbons (Fsp3) is 1.00. The Morgan fingerprint density at radius 2 is 1.58 bits per heavy atom. The summed E-state index contributed by atoms with van der Waals surface area (Å²) >= 11 is -2.97. The molecular formula is C8H17Cl3Sn. The summed E-state index contributed by atoms with van der Waals surface area (Å²) in [6, 6.07) is 0. The minimum absolute atomic E-state index is 0.807. The van der Waals surface area contributed by atoms with E-state index in [0.717, 1.165) is 16.8 Å². The van der Waals surface area contributed by atoms with Crippen LogP contribution in [0.2, 0.25) is 4.44 Å². The van der Waals surface area contributed by atoms with Crippen molar-refractivity contribution in [2.75, 3.05) is 0 Å². The minimum atomic E-state index is -2.97. The van der Waals surface area contributed by atoms with E-state index in [1.807, 2.05) is 0 Å². The second-order valence-corrected chi connectivity index (χ2v) is 25.4. The average Bonchev–Trinajstić information content (AvgIpc) is 1.83. The van der Waals surface area contributed by atoms with Crippen LogP contribution in [0, 0.1) is 5.92 Å². The molecule has 0 fully saturated rings. The van der Waals surface area contributed by atoms with Gasteiger partial charge in [-0.15, -0.1) is 0 Å². The van der Waals surface area contributed by atoms with Crippen molar-refractivity contribution in [1.29, 1.82) is 0 Å². The fourth-order valence-electron chi connectivity index (χ4n) is 1.05. The Kier molecular flexibility index (Phi) is 8.00. The van der Waals surface area contributed by atoms with Crippen molar-refractivity contribution < 1.29 is 0 Å². The molecule has 0 N–H and O–H groups in total. The Morgan fingerprint density at radius 1 is 1.00 bits per heavy atom. The zero-order chi connectivity index (χ0) is 9.61. The molecule has 0 aromatic rings. The van der Waals surface area contributed by atoms with Crippen LogP contribution in [0.4, 0.5) is 0 Å². The van der Waals surface area contributed by atoms with Gasteiger partial charge in [-0.3, -0.25) is 0 Å². The second kappa shape index (κ2) is 7.03. The second-order valence-electron chi connectivity index (χ2n) is 3.61. The molecule has 0 aliphatic rings. The van der Waals surface area contributed by atoms with Crippen LogP contribution in [-0.4, -0.2) is 15.0 Å². The third kappa shape index (κ3) is 11.7. The van der Waals surface area contributed by atoms with Crippen molar-refractivity contribution in [1.82, 2.24) is 0 Å². The average molecular weight is 338 g/mol. The summed E-state index contributed by atoms with van der Waals surface area (Å²) in [5, 5.41) is 0. The van der Waals surface area contributed by atoms with Crippen molar-refractivity contribution in [3.8, 4) is 0 Å². The molecular weight excluding hydrogens is 321 g/mol. The summed E-state index contributed by atoms with van der Waals surface area (Å²) < 4.78 is 0.886. The quantitative estimate of drug-likeness (QED) is 0.479. The SMILES string of the molecule is CC(C)CCCC[CH2][Sn]([Cl])([Cl])[Cl]. The predicted octanol–water partition coefficient (Wildman–Crippen LogP) is 4.86. The van der Waals surface area contributed by atoms with Crippen LogP contribution in [0.25, 0.3) is 0 Å². The first kappa shape index (κ1) is 13.7. The summed E-state index contributed by atoms with van der Waals surface area (Å²) in [7, 11) is 17.4. The Labute approximate surface area is 91.0 Å². The van der Waals surface area contributed by atoms with Gasteiger partial charge in [0.1, 0.15) is 0 Å². The molecule has 4 heteroatoms. The molecule has 0 spiro atoms. The summed E-state index contributed by atoms with van der Waals surface area (Å²) in [5.41, 5.74) is 0. The molecule has 0 heterocycles. The van der Waals surface area contributed by atoms with Gasteiger partial charge < -0.3 is 0 Å². The molecule has 0 aromatic heterocycles. The summed E-state index contributed by atoms with van der Waals surface area (Å²) in [4.78, 5) is 0. The normalized spacial score (nSPS) is 12.5. The number of hydrogen-bond donors (Lipinski definition) is 0. The Balaban J connectivity index is 3.12. The van der Waals surface area contributed by atoms with Gasteiger partial charge in [0, 0.05) is 0 Å². The van der Waals surface area contributed by atoms with Crippen molar-refractivity contribution in [2.24, 2.45) is 5.92 Å². The van der Waals surface area contributed by atoms with E-state index in [4.69, 9.17) is 26.8 Å². The molecule has 0 nitrogen and oxygen atoms in total. The van der Waals surface area contributed by atoms with Crippen LogP contribution in [-0.2, 0) is 0 Å². The Bertz CT molecular complexity index is 109. The van der Waals surface area contributed by atoms with E-state index < -0.39 is 15.0 Å². The van der Waals surface area contributed by atoms with Crippen LogP contribution < -0.4 is 0 Å². The molecule has 0 bridgehead atoms. The summed E-state index contributed by atoms with van der Waals surface area (Å²) in [6.07, 6.45) is 4.92. The van der Waals surface area contributed by atoms with Crippen molar-refractivity contribution in [3.05, 3.63) is 0 Å². The van der Waals surface area contributed by atoms with Crippen molar-refractivity contribution in [3.63, 3.8) is 0 Å². The first-order valence-electron chi connectivity index (χ1n) is 4.48. The molecule has 0 aliphatic heterocycles. The zero-order valence-corrected chi connectivity index (χ0v) is 12.9. The fourth-order valence-corrected chi connectivity index (χ4v) is 5.60. The molecule has 0 aromatic carbocycles. The monoisotopic (exact) mass is 338 g/mol. The van der Waals surface area contributed by atoms with E-state index in [1.54, 1.807) is 0 Å². The van der Waals surface area contributed by atoms with Gasteiger partial charge in [0.05, 0.1) is 0 Å². The van der Waals surface area contributed by atoms with Crippen molar-refractivity contribution in [2.45, 2.75) is 44.0 Å². The van der Waals surface area contributed by atoms with E-state index >= 15 is 0 Å². The molecule has 0 saturated carbocycles. The number of unbranched alkanes of at least 4 members (excludes halogenated alkanes) is 2. The van der Waals surface area contributed by atoms with E-state index in [1.165, 1.54) is 19.3 Å². The first-order chi connectivity index (χ1) is 5.42. The first-order valence-corrected chi connectivity index (χ1v) is 17.3. The third-order valence-electron chi connectivity index (χ3n) is 1.74. The van der Waals surface area contributed by atoms with Gasteiger partial charge in [0.15, 0.2) is 0 Å². The molecule has 74 valence electrons. The maximum atomic E-state index is 5.82. The molecule has 0 atom stereocenters. The molecule has 0 amide bonds. The zero-order valence-electron chi connectivity index (χ0n) is 7.75. The van der Waals surface area contributed by atoms with Crippen LogP contribution in [0.5, 0.6) is 0 Å². The molecule has 0 unspecified atom stereocenters. The van der Waals surface area contributed by atoms with Crippen LogP contribution >= 0.6 is 26.8 Å². The van der Waals surface area contributed by atoms with Gasteiger partial charge in [-0.2, -0.15) is 0 Å². The van der Waals surface area contributed by atoms with Crippen LogP contribution in [0.1, 0.15) is 39.5 Å². The standard InChI is InChI=1S/C8H17.3ClH.Sn/c1-4-5-6-7-8(2)3;;;;/h8H,1,4-7H2,2-3H3;3*1H;/q;;;;+3/p-3. The Hall–Kier alpha value is 1.67. The Morgan fingerprint density at radius 3 is 2.00 bits per heavy atom. The van der Waals surface area contributed by atoms with Gasteiger partial charge >= 0.3 is 91.6 Å². The van der Waals surface area contributed by atoms with Crippen LogP contribution in [0.3, 0.4) is 0 Å². The summed E-state index contributed by atoms with van der Waals surface area (Å²) in [5.74, 6) is 0.807. The van der Waals surface area contributed by atoms with Gasteiger partial charge in [-0.25, -0.2) is 0 Å². The van der Waals surface area contributed by atoms with Crippen LogP contribution in [0.15, 0.2) is 0 Å². The van der Waals surface area contributed by atoms with Crippen molar-refractivity contribution >= 4 is 41.8 Å². The number of halogens is 3. The van der Waals surface area contributed by atoms with E-state index in [2.05, 4.69) is 13.8 Å². The van der Waals surface area contributed by atoms with E-state index in [9.17, 15) is 0 Å². The molecule has 0 saturated heterocycles. The van der Waals surface area contributed by atoms with Gasteiger partial charge in [-0.1, -0.05) is 0 Å².